The second kappa shape index (κ2) is 14.7. The lowest BCUT2D eigenvalue weighted by Crippen LogP contribution is -2.53. The van der Waals surface area contributed by atoms with Crippen LogP contribution in [0.2, 0.25) is 0 Å². The summed E-state index contributed by atoms with van der Waals surface area (Å²) >= 11 is 0. The lowest BCUT2D eigenvalue weighted by molar-refractivity contribution is -0.129. The van der Waals surface area contributed by atoms with Gasteiger partial charge in [-0.25, -0.2) is 4.98 Å². The number of para-hydroxylation sites is 1. The number of nitrogens with zero attached hydrogens (tertiary/aromatic N) is 2. The second-order valence-electron chi connectivity index (χ2n) is 10.7. The Hall–Kier alpha value is -5.70. The molecule has 3 amide bonds. The number of carbonyl (C=O) groups excluding carboxylic acids is 4. The summed E-state index contributed by atoms with van der Waals surface area (Å²) in [6.07, 6.45) is 2.00. The summed E-state index contributed by atoms with van der Waals surface area (Å²) in [6.45, 7) is 1.30. The molecule has 0 fully saturated rings. The highest BCUT2D eigenvalue weighted by Crippen LogP contribution is 2.18. The fourth-order valence-corrected chi connectivity index (χ4v) is 4.84. The van der Waals surface area contributed by atoms with E-state index >= 15 is 0 Å². The van der Waals surface area contributed by atoms with Gasteiger partial charge in [0.05, 0.1) is 30.2 Å². The number of hydrogen-bond donors (Lipinski definition) is 3. The Morgan fingerprint density at radius 2 is 1.51 bits per heavy atom. The summed E-state index contributed by atoms with van der Waals surface area (Å²) in [5.41, 5.74) is 4.15. The summed E-state index contributed by atoms with van der Waals surface area (Å²) in [5, 5.41) is 9.03. The fourth-order valence-electron chi connectivity index (χ4n) is 4.84. The van der Waals surface area contributed by atoms with Crippen LogP contribution in [0.15, 0.2) is 115 Å². The first-order valence-electron chi connectivity index (χ1n) is 14.7. The van der Waals surface area contributed by atoms with E-state index in [1.807, 2.05) is 97.1 Å². The molecule has 9 nitrogen and oxygen atoms in total. The molecule has 2 heterocycles. The number of benzene rings is 3. The highest BCUT2D eigenvalue weighted by atomic mass is 16.2. The van der Waals surface area contributed by atoms with Crippen LogP contribution >= 0.6 is 0 Å². The first-order valence-corrected chi connectivity index (χ1v) is 14.7. The van der Waals surface area contributed by atoms with Crippen LogP contribution < -0.4 is 16.0 Å². The number of ketones is 1. The Kier molecular flexibility index (Phi) is 10.0. The van der Waals surface area contributed by atoms with E-state index in [0.717, 1.165) is 27.8 Å². The smallest absolute Gasteiger partial charge is 0.270 e. The van der Waals surface area contributed by atoms with Crippen molar-refractivity contribution >= 4 is 34.4 Å². The molecule has 5 rings (SSSR count). The van der Waals surface area contributed by atoms with Crippen LogP contribution in [0, 0.1) is 0 Å². The van der Waals surface area contributed by atoms with Gasteiger partial charge in [-0.05, 0) is 48.4 Å². The van der Waals surface area contributed by atoms with Crippen molar-refractivity contribution in [2.75, 3.05) is 6.54 Å². The number of fused-ring (bicyclic) bond motifs is 1. The normalized spacial score (nSPS) is 12.1. The third-order valence-corrected chi connectivity index (χ3v) is 7.29. The number of aromatic nitrogens is 2. The molecule has 5 aromatic rings. The van der Waals surface area contributed by atoms with Gasteiger partial charge < -0.3 is 16.0 Å². The Morgan fingerprint density at radius 1 is 0.756 bits per heavy atom. The molecule has 0 saturated heterocycles. The van der Waals surface area contributed by atoms with E-state index in [1.54, 1.807) is 25.3 Å². The van der Waals surface area contributed by atoms with Crippen molar-refractivity contribution in [1.29, 1.82) is 0 Å². The largest absolute Gasteiger partial charge is 0.349 e. The van der Waals surface area contributed by atoms with Crippen molar-refractivity contribution in [3.8, 4) is 11.3 Å². The fraction of sp³-hybridized carbons (Fsp3) is 0.167. The van der Waals surface area contributed by atoms with Crippen molar-refractivity contribution in [3.05, 3.63) is 132 Å². The van der Waals surface area contributed by atoms with Gasteiger partial charge >= 0.3 is 0 Å². The van der Waals surface area contributed by atoms with Crippen molar-refractivity contribution in [3.63, 3.8) is 0 Å². The second-order valence-corrected chi connectivity index (χ2v) is 10.7. The minimum absolute atomic E-state index is 0.0860. The summed E-state index contributed by atoms with van der Waals surface area (Å²) in [4.78, 5) is 60.9. The highest BCUT2D eigenvalue weighted by Gasteiger charge is 2.26. The molecule has 2 aromatic heterocycles. The number of nitrogens with one attached hydrogen (secondary N) is 3. The molecule has 0 bridgehead atoms. The van der Waals surface area contributed by atoms with Gasteiger partial charge in [-0.15, -0.1) is 0 Å². The van der Waals surface area contributed by atoms with Gasteiger partial charge in [0.25, 0.3) is 5.91 Å². The molecular formula is C36H33N5O4. The molecule has 1 unspecified atom stereocenters. The number of amides is 3. The molecule has 0 aliphatic rings. The predicted molar refractivity (Wildman–Crippen MR) is 172 cm³/mol. The monoisotopic (exact) mass is 599 g/mol. The molecule has 9 heteroatoms. The van der Waals surface area contributed by atoms with Gasteiger partial charge in [0.1, 0.15) is 11.7 Å². The van der Waals surface area contributed by atoms with E-state index in [4.69, 9.17) is 0 Å². The van der Waals surface area contributed by atoms with Gasteiger partial charge in [0, 0.05) is 23.6 Å². The third-order valence-electron chi connectivity index (χ3n) is 7.29. The maximum absolute atomic E-state index is 13.4. The molecule has 0 aliphatic heterocycles. The van der Waals surface area contributed by atoms with Crippen LogP contribution in [-0.4, -0.2) is 52.1 Å². The minimum Gasteiger partial charge on any atom is -0.349 e. The SMILES string of the molecule is CC(NC(=O)[C@H](Cc1ccccc1)NC(=O)c1ccc2ccccc2n1)C(=O)CNC(=O)Cc1cccc(-c2ccccn2)c1. The van der Waals surface area contributed by atoms with Gasteiger partial charge in [-0.1, -0.05) is 78.9 Å². The lowest BCUT2D eigenvalue weighted by Gasteiger charge is -2.21. The van der Waals surface area contributed by atoms with Gasteiger partial charge in [0.2, 0.25) is 11.8 Å². The number of pyridine rings is 2. The van der Waals surface area contributed by atoms with E-state index in [-0.39, 0.29) is 36.8 Å². The summed E-state index contributed by atoms with van der Waals surface area (Å²) in [7, 11) is 0. The molecule has 3 N–H and O–H groups in total. The Bertz CT molecular complexity index is 1810. The number of rotatable bonds is 12. The predicted octanol–water partition coefficient (Wildman–Crippen LogP) is 4.07. The number of carbonyl (C=O) groups is 4. The zero-order chi connectivity index (χ0) is 31.6. The van der Waals surface area contributed by atoms with Crippen molar-refractivity contribution in [2.45, 2.75) is 31.8 Å². The molecule has 45 heavy (non-hydrogen) atoms. The van der Waals surface area contributed by atoms with E-state index in [1.165, 1.54) is 0 Å². The molecule has 2 atom stereocenters. The topological polar surface area (TPSA) is 130 Å². The van der Waals surface area contributed by atoms with Crippen LogP contribution in [-0.2, 0) is 27.2 Å². The average Bonchev–Trinajstić information content (AvgIpc) is 3.07. The maximum Gasteiger partial charge on any atom is 0.270 e. The molecule has 0 radical (unpaired) electrons. The summed E-state index contributed by atoms with van der Waals surface area (Å²) in [5.74, 6) is -1.72. The van der Waals surface area contributed by atoms with E-state index in [2.05, 4.69) is 25.9 Å². The Morgan fingerprint density at radius 3 is 2.31 bits per heavy atom. The Labute approximate surface area is 261 Å². The molecule has 0 spiro atoms. The first kappa shape index (κ1) is 30.7. The van der Waals surface area contributed by atoms with Crippen molar-refractivity contribution in [1.82, 2.24) is 25.9 Å². The van der Waals surface area contributed by atoms with Gasteiger partial charge in [-0.3, -0.25) is 24.2 Å². The minimum atomic E-state index is -0.968. The molecule has 0 aliphatic carbocycles. The molecule has 226 valence electrons. The lowest BCUT2D eigenvalue weighted by atomic mass is 10.0. The molecular weight excluding hydrogens is 566 g/mol. The molecule has 3 aromatic carbocycles. The third kappa shape index (κ3) is 8.45. The quantitative estimate of drug-likeness (QED) is 0.198. The van der Waals surface area contributed by atoms with Gasteiger partial charge in [-0.2, -0.15) is 0 Å². The van der Waals surface area contributed by atoms with Gasteiger partial charge in [0.15, 0.2) is 5.78 Å². The van der Waals surface area contributed by atoms with Crippen LogP contribution in [0.3, 0.4) is 0 Å². The number of hydrogen-bond acceptors (Lipinski definition) is 6. The van der Waals surface area contributed by atoms with Crippen LogP contribution in [0.4, 0.5) is 0 Å². The summed E-state index contributed by atoms with van der Waals surface area (Å²) in [6, 6.07) is 31.4. The van der Waals surface area contributed by atoms with E-state index in [9.17, 15) is 19.2 Å². The first-order chi connectivity index (χ1) is 21.9. The zero-order valence-electron chi connectivity index (χ0n) is 24.8. The van der Waals surface area contributed by atoms with Crippen molar-refractivity contribution < 1.29 is 19.2 Å². The average molecular weight is 600 g/mol. The highest BCUT2D eigenvalue weighted by molar-refractivity contribution is 5.99. The van der Waals surface area contributed by atoms with Crippen LogP contribution in [0.1, 0.15) is 28.5 Å². The van der Waals surface area contributed by atoms with E-state index < -0.39 is 23.9 Å². The van der Waals surface area contributed by atoms with Crippen LogP contribution in [0.25, 0.3) is 22.2 Å². The Balaban J connectivity index is 1.18. The zero-order valence-corrected chi connectivity index (χ0v) is 24.8. The molecule has 0 saturated carbocycles. The maximum atomic E-state index is 13.4. The summed E-state index contributed by atoms with van der Waals surface area (Å²) < 4.78 is 0. The van der Waals surface area contributed by atoms with Crippen LogP contribution in [0.5, 0.6) is 0 Å². The standard InChI is InChI=1S/C36H33N5O4/c1-24(33(42)23-38-34(43)22-26-12-9-14-28(20-26)29-15-7-8-19-37-29)39-36(45)32(21-25-10-3-2-4-11-25)41-35(44)31-18-17-27-13-5-6-16-30(27)40-31/h2-20,24,32H,21-23H2,1H3,(H,38,43)(H,39,45)(H,41,44)/t24?,32-/m0/s1. The van der Waals surface area contributed by atoms with Crippen molar-refractivity contribution in [2.24, 2.45) is 0 Å². The number of Topliss-reactive ketones (excluding diaryl/α,β-unsaturated/α-hetero) is 1. The van der Waals surface area contributed by atoms with E-state index in [0.29, 0.717) is 5.52 Å².